The van der Waals surface area contributed by atoms with Crippen LogP contribution in [0.4, 0.5) is 0 Å². The summed E-state index contributed by atoms with van der Waals surface area (Å²) in [4.78, 5) is 4.00. The fourth-order valence-corrected chi connectivity index (χ4v) is 1.86. The number of aromatic nitrogens is 1. The van der Waals surface area contributed by atoms with E-state index < -0.39 is 0 Å². The fourth-order valence-electron chi connectivity index (χ4n) is 1.86. The second-order valence-electron chi connectivity index (χ2n) is 4.40. The summed E-state index contributed by atoms with van der Waals surface area (Å²) in [7, 11) is 1.67. The number of hydrogen-bond donors (Lipinski definition) is 1. The van der Waals surface area contributed by atoms with E-state index in [0.29, 0.717) is 6.61 Å². The van der Waals surface area contributed by atoms with Crippen molar-refractivity contribution in [2.45, 2.75) is 20.1 Å². The fraction of sp³-hybridized carbons (Fsp3) is 0.312. The zero-order chi connectivity index (χ0) is 14.2. The molecule has 0 spiro atoms. The predicted molar refractivity (Wildman–Crippen MR) is 78.9 cm³/mol. The maximum absolute atomic E-state index is 5.90. The Morgan fingerprint density at radius 3 is 2.65 bits per heavy atom. The van der Waals surface area contributed by atoms with Crippen molar-refractivity contribution in [3.8, 4) is 11.5 Å². The molecule has 0 unspecified atom stereocenters. The Hall–Kier alpha value is -2.07. The molecule has 2 aromatic rings. The van der Waals surface area contributed by atoms with Gasteiger partial charge in [-0.1, -0.05) is 6.92 Å². The highest BCUT2D eigenvalue weighted by Crippen LogP contribution is 2.25. The Kier molecular flexibility index (Phi) is 5.38. The first-order valence-electron chi connectivity index (χ1n) is 6.72. The Labute approximate surface area is 119 Å². The molecule has 1 aromatic heterocycles. The van der Waals surface area contributed by atoms with E-state index in [1.807, 2.05) is 30.3 Å². The number of rotatable bonds is 7. The van der Waals surface area contributed by atoms with Crippen molar-refractivity contribution in [3.05, 3.63) is 53.9 Å². The first-order valence-corrected chi connectivity index (χ1v) is 6.72. The lowest BCUT2D eigenvalue weighted by Gasteiger charge is -2.13. The molecule has 0 fully saturated rings. The predicted octanol–water partition coefficient (Wildman–Crippen LogP) is 2.78. The third-order valence-electron chi connectivity index (χ3n) is 2.98. The zero-order valence-corrected chi connectivity index (χ0v) is 11.9. The average Bonchev–Trinajstić information content (AvgIpc) is 2.52. The average molecular weight is 272 g/mol. The number of ether oxygens (including phenoxy) is 2. The summed E-state index contributed by atoms with van der Waals surface area (Å²) < 4.78 is 11.2. The van der Waals surface area contributed by atoms with Gasteiger partial charge in [0.15, 0.2) is 0 Å². The maximum atomic E-state index is 5.90. The van der Waals surface area contributed by atoms with E-state index in [2.05, 4.69) is 17.2 Å². The summed E-state index contributed by atoms with van der Waals surface area (Å²) >= 11 is 0. The molecule has 0 aliphatic carbocycles. The third-order valence-corrected chi connectivity index (χ3v) is 2.98. The summed E-state index contributed by atoms with van der Waals surface area (Å²) in [6, 6.07) is 9.77. The molecule has 0 saturated heterocycles. The van der Waals surface area contributed by atoms with E-state index in [0.717, 1.165) is 35.7 Å². The monoisotopic (exact) mass is 272 g/mol. The van der Waals surface area contributed by atoms with Crippen molar-refractivity contribution in [2.75, 3.05) is 13.7 Å². The molecule has 0 bridgehead atoms. The van der Waals surface area contributed by atoms with Crippen LogP contribution in [0.2, 0.25) is 0 Å². The quantitative estimate of drug-likeness (QED) is 0.841. The van der Waals surface area contributed by atoms with Crippen LogP contribution < -0.4 is 14.8 Å². The minimum atomic E-state index is 0.536. The second kappa shape index (κ2) is 7.50. The third kappa shape index (κ3) is 3.96. The van der Waals surface area contributed by atoms with Gasteiger partial charge < -0.3 is 14.8 Å². The van der Waals surface area contributed by atoms with Crippen molar-refractivity contribution in [2.24, 2.45) is 0 Å². The minimum absolute atomic E-state index is 0.536. The number of methoxy groups -OCH3 is 1. The summed E-state index contributed by atoms with van der Waals surface area (Å²) in [5.41, 5.74) is 2.20. The van der Waals surface area contributed by atoms with E-state index >= 15 is 0 Å². The molecule has 4 nitrogen and oxygen atoms in total. The molecule has 0 radical (unpaired) electrons. The molecule has 4 heteroatoms. The van der Waals surface area contributed by atoms with Crippen molar-refractivity contribution < 1.29 is 9.47 Å². The van der Waals surface area contributed by atoms with Gasteiger partial charge in [-0.15, -0.1) is 0 Å². The Balaban J connectivity index is 2.09. The van der Waals surface area contributed by atoms with Gasteiger partial charge in [0, 0.05) is 24.5 Å². The Bertz CT molecular complexity index is 529. The highest BCUT2D eigenvalue weighted by atomic mass is 16.5. The summed E-state index contributed by atoms with van der Waals surface area (Å²) in [6.45, 7) is 4.30. The van der Waals surface area contributed by atoms with E-state index in [-0.39, 0.29) is 0 Å². The van der Waals surface area contributed by atoms with Crippen molar-refractivity contribution >= 4 is 0 Å². The molecule has 0 aliphatic heterocycles. The van der Waals surface area contributed by atoms with Gasteiger partial charge in [0.1, 0.15) is 18.1 Å². The summed E-state index contributed by atoms with van der Waals surface area (Å²) in [6.07, 6.45) is 3.54. The van der Waals surface area contributed by atoms with Gasteiger partial charge in [-0.3, -0.25) is 4.98 Å². The molecule has 0 aliphatic rings. The molecule has 1 heterocycles. The number of nitrogens with zero attached hydrogens (tertiary/aromatic N) is 1. The van der Waals surface area contributed by atoms with E-state index in [1.165, 1.54) is 0 Å². The highest BCUT2D eigenvalue weighted by molar-refractivity contribution is 5.40. The zero-order valence-electron chi connectivity index (χ0n) is 11.9. The largest absolute Gasteiger partial charge is 0.497 e. The van der Waals surface area contributed by atoms with Crippen LogP contribution in [-0.2, 0) is 13.2 Å². The van der Waals surface area contributed by atoms with Crippen molar-refractivity contribution in [1.82, 2.24) is 10.3 Å². The number of hydrogen-bond acceptors (Lipinski definition) is 4. The molecule has 0 amide bonds. The molecule has 106 valence electrons. The van der Waals surface area contributed by atoms with Crippen LogP contribution in [0.1, 0.15) is 18.1 Å². The van der Waals surface area contributed by atoms with Crippen LogP contribution in [0.15, 0.2) is 42.7 Å². The Morgan fingerprint density at radius 1 is 1.15 bits per heavy atom. The molecule has 0 atom stereocenters. The van der Waals surface area contributed by atoms with Crippen LogP contribution in [-0.4, -0.2) is 18.6 Å². The maximum Gasteiger partial charge on any atom is 0.124 e. The highest BCUT2D eigenvalue weighted by Gasteiger charge is 2.06. The van der Waals surface area contributed by atoms with Crippen molar-refractivity contribution in [3.63, 3.8) is 0 Å². The Morgan fingerprint density at radius 2 is 1.95 bits per heavy atom. The molecular weight excluding hydrogens is 252 g/mol. The molecule has 1 aromatic carbocycles. The standard InChI is InChI=1S/C16H20N2O2/c1-3-17-11-14-10-15(19-2)4-5-16(14)20-12-13-6-8-18-9-7-13/h4-10,17H,3,11-12H2,1-2H3. The number of nitrogens with one attached hydrogen (secondary N) is 1. The van der Waals surface area contributed by atoms with Gasteiger partial charge in [-0.05, 0) is 42.4 Å². The van der Waals surface area contributed by atoms with Gasteiger partial charge in [0.25, 0.3) is 0 Å². The lowest BCUT2D eigenvalue weighted by Crippen LogP contribution is -2.13. The summed E-state index contributed by atoms with van der Waals surface area (Å²) in [5, 5.41) is 3.31. The van der Waals surface area contributed by atoms with E-state index in [1.54, 1.807) is 19.5 Å². The van der Waals surface area contributed by atoms with E-state index in [4.69, 9.17) is 9.47 Å². The molecule has 0 saturated carbocycles. The topological polar surface area (TPSA) is 43.4 Å². The normalized spacial score (nSPS) is 10.3. The molecule has 2 rings (SSSR count). The SMILES string of the molecule is CCNCc1cc(OC)ccc1OCc1ccncc1. The molecular formula is C16H20N2O2. The minimum Gasteiger partial charge on any atom is -0.497 e. The van der Waals surface area contributed by atoms with E-state index in [9.17, 15) is 0 Å². The second-order valence-corrected chi connectivity index (χ2v) is 4.40. The lowest BCUT2D eigenvalue weighted by molar-refractivity contribution is 0.301. The van der Waals surface area contributed by atoms with Gasteiger partial charge in [0.05, 0.1) is 7.11 Å². The van der Waals surface area contributed by atoms with Gasteiger partial charge in [0.2, 0.25) is 0 Å². The smallest absolute Gasteiger partial charge is 0.124 e. The first kappa shape index (κ1) is 14.3. The molecule has 20 heavy (non-hydrogen) atoms. The van der Waals surface area contributed by atoms with Crippen LogP contribution in [0.5, 0.6) is 11.5 Å². The number of pyridine rings is 1. The summed E-state index contributed by atoms with van der Waals surface area (Å²) in [5.74, 6) is 1.72. The van der Waals surface area contributed by atoms with Gasteiger partial charge in [-0.2, -0.15) is 0 Å². The van der Waals surface area contributed by atoms with Crippen molar-refractivity contribution in [1.29, 1.82) is 0 Å². The van der Waals surface area contributed by atoms with Crippen LogP contribution >= 0.6 is 0 Å². The van der Waals surface area contributed by atoms with Crippen LogP contribution in [0.25, 0.3) is 0 Å². The first-order chi connectivity index (χ1) is 9.83. The van der Waals surface area contributed by atoms with Crippen LogP contribution in [0.3, 0.4) is 0 Å². The molecule has 1 N–H and O–H groups in total. The van der Waals surface area contributed by atoms with Crippen LogP contribution in [0, 0.1) is 0 Å². The van der Waals surface area contributed by atoms with Gasteiger partial charge >= 0.3 is 0 Å². The number of benzene rings is 1. The van der Waals surface area contributed by atoms with Gasteiger partial charge in [-0.25, -0.2) is 0 Å². The lowest BCUT2D eigenvalue weighted by atomic mass is 10.2.